The summed E-state index contributed by atoms with van der Waals surface area (Å²) in [5.74, 6) is 1.36. The Morgan fingerprint density at radius 3 is 2.59 bits per heavy atom. The van der Waals surface area contributed by atoms with E-state index in [2.05, 4.69) is 21.4 Å². The fourth-order valence-electron chi connectivity index (χ4n) is 4.02. The Morgan fingerprint density at radius 2 is 1.93 bits per heavy atom. The molecule has 2 fully saturated rings. The first-order chi connectivity index (χ1) is 13.0. The Hall–Kier alpha value is -2.37. The second kappa shape index (κ2) is 7.33. The number of amides is 2. The number of nitrogens with zero attached hydrogens (tertiary/aromatic N) is 2. The van der Waals surface area contributed by atoms with Gasteiger partial charge in [-0.05, 0) is 57.2 Å². The Kier molecular flexibility index (Phi) is 4.89. The highest BCUT2D eigenvalue weighted by molar-refractivity contribution is 5.82. The van der Waals surface area contributed by atoms with E-state index in [9.17, 15) is 9.59 Å². The summed E-state index contributed by atoms with van der Waals surface area (Å²) in [6.07, 6.45) is 4.74. The minimum absolute atomic E-state index is 0.0236. The molecule has 4 rings (SSSR count). The first kappa shape index (κ1) is 18.0. The third-order valence-electron chi connectivity index (χ3n) is 6.06. The molecule has 2 aromatic rings. The molecule has 6 nitrogen and oxygen atoms in total. The predicted molar refractivity (Wildman–Crippen MR) is 104 cm³/mol. The van der Waals surface area contributed by atoms with E-state index in [-0.39, 0.29) is 23.8 Å². The van der Waals surface area contributed by atoms with Gasteiger partial charge in [-0.15, -0.1) is 0 Å². The van der Waals surface area contributed by atoms with Crippen molar-refractivity contribution >= 4 is 22.8 Å². The number of rotatable bonds is 4. The fraction of sp³-hybridized carbons (Fsp3) is 0.571. The average molecular weight is 368 g/mol. The van der Waals surface area contributed by atoms with Crippen LogP contribution in [0.2, 0.25) is 0 Å². The smallest absolute Gasteiger partial charge is 0.225 e. The summed E-state index contributed by atoms with van der Waals surface area (Å²) < 4.78 is 0. The van der Waals surface area contributed by atoms with Gasteiger partial charge in [0.15, 0.2) is 0 Å². The maximum absolute atomic E-state index is 12.7. The van der Waals surface area contributed by atoms with Crippen LogP contribution in [0, 0.1) is 18.8 Å². The van der Waals surface area contributed by atoms with Crippen molar-refractivity contribution in [3.63, 3.8) is 0 Å². The van der Waals surface area contributed by atoms with E-state index < -0.39 is 0 Å². The standard InChI is InChI=1S/C21H28N4O2/c1-13-6-7-17-18(12-13)24-19(23-17)14(2)22-20(26)15-8-10-25(11-9-15)21(27)16-4-3-5-16/h6-7,12,14-16H,3-5,8-11H2,1-2H3,(H,22,26)(H,23,24)/t14-/m0/s1. The molecule has 2 N–H and O–H groups in total. The number of benzene rings is 1. The third kappa shape index (κ3) is 3.70. The maximum atomic E-state index is 12.7. The number of likely N-dealkylation sites (tertiary alicyclic amines) is 1. The number of carbonyl (C=O) groups is 2. The Bertz CT molecular complexity index is 847. The zero-order valence-corrected chi connectivity index (χ0v) is 16.1. The number of nitrogens with one attached hydrogen (secondary N) is 2. The number of aryl methyl sites for hydroxylation is 1. The highest BCUT2D eigenvalue weighted by Gasteiger charge is 2.33. The zero-order valence-electron chi connectivity index (χ0n) is 16.1. The monoisotopic (exact) mass is 368 g/mol. The molecule has 144 valence electrons. The van der Waals surface area contributed by atoms with E-state index in [1.807, 2.05) is 30.9 Å². The van der Waals surface area contributed by atoms with E-state index in [1.54, 1.807) is 0 Å². The maximum Gasteiger partial charge on any atom is 0.225 e. The highest BCUT2D eigenvalue weighted by Crippen LogP contribution is 2.30. The van der Waals surface area contributed by atoms with Crippen molar-refractivity contribution in [3.8, 4) is 0 Å². The van der Waals surface area contributed by atoms with Gasteiger partial charge in [0, 0.05) is 24.9 Å². The minimum atomic E-state index is -0.167. The summed E-state index contributed by atoms with van der Waals surface area (Å²) in [6.45, 7) is 5.41. The van der Waals surface area contributed by atoms with Gasteiger partial charge in [0.25, 0.3) is 0 Å². The topological polar surface area (TPSA) is 78.1 Å². The lowest BCUT2D eigenvalue weighted by Gasteiger charge is -2.36. The second-order valence-corrected chi connectivity index (χ2v) is 8.10. The van der Waals surface area contributed by atoms with E-state index in [0.717, 1.165) is 42.5 Å². The Balaban J connectivity index is 1.32. The molecule has 1 atom stereocenters. The quantitative estimate of drug-likeness (QED) is 0.870. The molecular formula is C21H28N4O2. The molecule has 1 aliphatic carbocycles. The van der Waals surface area contributed by atoms with Gasteiger partial charge < -0.3 is 15.2 Å². The first-order valence-electron chi connectivity index (χ1n) is 10.1. The largest absolute Gasteiger partial charge is 0.346 e. The van der Waals surface area contributed by atoms with Crippen molar-refractivity contribution in [2.24, 2.45) is 11.8 Å². The molecule has 0 radical (unpaired) electrons. The van der Waals surface area contributed by atoms with Gasteiger partial charge in [0.1, 0.15) is 5.82 Å². The lowest BCUT2D eigenvalue weighted by atomic mass is 9.83. The van der Waals surface area contributed by atoms with Crippen LogP contribution < -0.4 is 5.32 Å². The van der Waals surface area contributed by atoms with Gasteiger partial charge in [-0.1, -0.05) is 12.5 Å². The first-order valence-corrected chi connectivity index (χ1v) is 10.1. The Morgan fingerprint density at radius 1 is 1.19 bits per heavy atom. The number of carbonyl (C=O) groups excluding carboxylic acids is 2. The van der Waals surface area contributed by atoms with E-state index in [4.69, 9.17) is 0 Å². The summed E-state index contributed by atoms with van der Waals surface area (Å²) >= 11 is 0. The zero-order chi connectivity index (χ0) is 19.0. The third-order valence-corrected chi connectivity index (χ3v) is 6.06. The van der Waals surface area contributed by atoms with Gasteiger partial charge in [-0.2, -0.15) is 0 Å². The van der Waals surface area contributed by atoms with Crippen LogP contribution in [0.5, 0.6) is 0 Å². The summed E-state index contributed by atoms with van der Waals surface area (Å²) in [5.41, 5.74) is 3.09. The number of imidazole rings is 1. The molecule has 6 heteroatoms. The molecule has 27 heavy (non-hydrogen) atoms. The summed E-state index contributed by atoms with van der Waals surface area (Å²) in [5, 5.41) is 3.09. The molecule has 0 spiro atoms. The van der Waals surface area contributed by atoms with Gasteiger partial charge in [-0.25, -0.2) is 4.98 Å². The van der Waals surface area contributed by atoms with Gasteiger partial charge in [0.2, 0.25) is 11.8 Å². The minimum Gasteiger partial charge on any atom is -0.346 e. The number of fused-ring (bicyclic) bond motifs is 1. The number of hydrogen-bond donors (Lipinski definition) is 2. The number of piperidine rings is 1. The van der Waals surface area contributed by atoms with Gasteiger partial charge in [-0.3, -0.25) is 9.59 Å². The number of hydrogen-bond acceptors (Lipinski definition) is 3. The van der Waals surface area contributed by atoms with Crippen LogP contribution in [0.1, 0.15) is 56.5 Å². The number of H-pyrrole nitrogens is 1. The van der Waals surface area contributed by atoms with Gasteiger partial charge in [0.05, 0.1) is 17.1 Å². The predicted octanol–water partition coefficient (Wildman–Crippen LogP) is 3.09. The summed E-state index contributed by atoms with van der Waals surface area (Å²) in [6, 6.07) is 5.93. The van der Waals surface area contributed by atoms with Gasteiger partial charge >= 0.3 is 0 Å². The Labute approximate surface area is 159 Å². The highest BCUT2D eigenvalue weighted by atomic mass is 16.2. The summed E-state index contributed by atoms with van der Waals surface area (Å²) in [7, 11) is 0. The molecule has 1 aromatic heterocycles. The van der Waals surface area contributed by atoms with E-state index in [0.29, 0.717) is 19.0 Å². The molecule has 1 saturated carbocycles. The molecule has 2 amide bonds. The van der Waals surface area contributed by atoms with Crippen LogP contribution in [0.25, 0.3) is 11.0 Å². The van der Waals surface area contributed by atoms with Crippen molar-refractivity contribution in [1.82, 2.24) is 20.2 Å². The van der Waals surface area contributed by atoms with Crippen LogP contribution >= 0.6 is 0 Å². The molecular weight excluding hydrogens is 340 g/mol. The lowest BCUT2D eigenvalue weighted by molar-refractivity contribution is -0.141. The van der Waals surface area contributed by atoms with Crippen LogP contribution in [0.15, 0.2) is 18.2 Å². The van der Waals surface area contributed by atoms with Crippen molar-refractivity contribution in [2.75, 3.05) is 13.1 Å². The molecule has 1 aromatic carbocycles. The molecule has 0 bridgehead atoms. The number of aromatic amines is 1. The molecule has 1 saturated heterocycles. The summed E-state index contributed by atoms with van der Waals surface area (Å²) in [4.78, 5) is 34.9. The normalized spacial score (nSPS) is 19.7. The fourth-order valence-corrected chi connectivity index (χ4v) is 4.02. The van der Waals surface area contributed by atoms with Crippen molar-refractivity contribution in [3.05, 3.63) is 29.6 Å². The second-order valence-electron chi connectivity index (χ2n) is 8.10. The molecule has 2 aliphatic rings. The molecule has 1 aliphatic heterocycles. The average Bonchev–Trinajstić information content (AvgIpc) is 3.03. The molecule has 2 heterocycles. The van der Waals surface area contributed by atoms with Crippen LogP contribution in [-0.4, -0.2) is 39.8 Å². The SMILES string of the molecule is Cc1ccc2nc([C@H](C)NC(=O)C3CCN(C(=O)C4CCC4)CC3)[nH]c2c1. The van der Waals surface area contributed by atoms with Crippen LogP contribution in [0.3, 0.4) is 0 Å². The van der Waals surface area contributed by atoms with Crippen molar-refractivity contribution in [1.29, 1.82) is 0 Å². The van der Waals surface area contributed by atoms with Crippen LogP contribution in [-0.2, 0) is 9.59 Å². The van der Waals surface area contributed by atoms with E-state index in [1.165, 1.54) is 12.0 Å². The van der Waals surface area contributed by atoms with E-state index >= 15 is 0 Å². The van der Waals surface area contributed by atoms with Crippen LogP contribution in [0.4, 0.5) is 0 Å². The number of aromatic nitrogens is 2. The van der Waals surface area contributed by atoms with Crippen molar-refractivity contribution in [2.45, 2.75) is 52.0 Å². The lowest BCUT2D eigenvalue weighted by Crippen LogP contribution is -2.46. The molecule has 0 unspecified atom stereocenters. The van der Waals surface area contributed by atoms with Crippen molar-refractivity contribution < 1.29 is 9.59 Å².